The molecule has 0 amide bonds. The van der Waals surface area contributed by atoms with Gasteiger partial charge in [-0.3, -0.25) is 0 Å². The van der Waals surface area contributed by atoms with Gasteiger partial charge in [0.2, 0.25) is 0 Å². The molecule has 1 saturated carbocycles. The maximum atomic E-state index is 10.3. The Balaban J connectivity index is 1.95. The van der Waals surface area contributed by atoms with Crippen LogP contribution in [0.25, 0.3) is 0 Å². The van der Waals surface area contributed by atoms with E-state index >= 15 is 0 Å². The van der Waals surface area contributed by atoms with Gasteiger partial charge in [0.1, 0.15) is 11.8 Å². The maximum absolute atomic E-state index is 10.3. The highest BCUT2D eigenvalue weighted by atomic mass is 16.7. The molecule has 0 aromatic carbocycles. The van der Waals surface area contributed by atoms with E-state index in [1.54, 1.807) is 25.1 Å². The molecule has 1 aromatic rings. The van der Waals surface area contributed by atoms with Crippen molar-refractivity contribution in [3.8, 4) is 0 Å². The highest BCUT2D eigenvalue weighted by Gasteiger charge is 2.25. The summed E-state index contributed by atoms with van der Waals surface area (Å²) >= 11 is 0. The first-order valence-electron chi connectivity index (χ1n) is 6.88. The van der Waals surface area contributed by atoms with Crippen LogP contribution in [-0.2, 0) is 16.0 Å². The predicted molar refractivity (Wildman–Crippen MR) is 69.4 cm³/mol. The van der Waals surface area contributed by atoms with Crippen LogP contribution in [0.15, 0.2) is 6.20 Å². The van der Waals surface area contributed by atoms with Crippen LogP contribution in [0.3, 0.4) is 0 Å². The summed E-state index contributed by atoms with van der Waals surface area (Å²) in [5.41, 5.74) is 0.651. The van der Waals surface area contributed by atoms with E-state index < -0.39 is 6.10 Å². The van der Waals surface area contributed by atoms with E-state index in [2.05, 4.69) is 10.3 Å². The lowest BCUT2D eigenvalue weighted by Crippen LogP contribution is -2.21. The molecule has 0 spiro atoms. The van der Waals surface area contributed by atoms with E-state index in [-0.39, 0.29) is 6.29 Å². The Kier molecular flexibility index (Phi) is 5.30. The molecule has 108 valence electrons. The topological polar surface area (TPSA) is 69.4 Å². The highest BCUT2D eigenvalue weighted by Crippen LogP contribution is 2.33. The summed E-state index contributed by atoms with van der Waals surface area (Å²) in [7, 11) is 3.17. The molecule has 1 aliphatic rings. The second-order valence-corrected chi connectivity index (χ2v) is 5.11. The minimum atomic E-state index is -0.502. The molecule has 1 N–H and O–H groups in total. The van der Waals surface area contributed by atoms with Gasteiger partial charge < -0.3 is 14.6 Å². The fourth-order valence-corrected chi connectivity index (χ4v) is 2.63. The van der Waals surface area contributed by atoms with Crippen molar-refractivity contribution >= 4 is 0 Å². The summed E-state index contributed by atoms with van der Waals surface area (Å²) in [6, 6.07) is 0. The van der Waals surface area contributed by atoms with Crippen molar-refractivity contribution in [3.05, 3.63) is 11.9 Å². The number of rotatable bonds is 6. The summed E-state index contributed by atoms with van der Waals surface area (Å²) in [5, 5.41) is 18.4. The quantitative estimate of drug-likeness (QED) is 0.793. The largest absolute Gasteiger partial charge is 0.386 e. The molecular formula is C13H23N3O3. The van der Waals surface area contributed by atoms with E-state index in [4.69, 9.17) is 9.47 Å². The van der Waals surface area contributed by atoms with Gasteiger partial charge in [-0.2, -0.15) is 0 Å². The molecule has 1 atom stereocenters. The average Bonchev–Trinajstić information content (AvgIpc) is 2.93. The fraction of sp³-hybridized carbons (Fsp3) is 0.846. The number of aliphatic hydroxyl groups is 1. The molecule has 0 radical (unpaired) electrons. The van der Waals surface area contributed by atoms with E-state index in [0.717, 1.165) is 12.8 Å². The average molecular weight is 269 g/mol. The third-order valence-electron chi connectivity index (χ3n) is 3.82. The second kappa shape index (κ2) is 6.98. The van der Waals surface area contributed by atoms with Crippen LogP contribution in [0.5, 0.6) is 0 Å². The standard InChI is InChI=1S/C13H23N3O3/c1-18-12(19-2)9-16-8-11(14-15-16)13(17)10-6-4-3-5-7-10/h8,10,12-13,17H,3-7,9H2,1-2H3. The Hall–Kier alpha value is -0.980. The zero-order valence-electron chi connectivity index (χ0n) is 11.7. The molecule has 2 rings (SSSR count). The van der Waals surface area contributed by atoms with Gasteiger partial charge in [0.05, 0.1) is 12.7 Å². The van der Waals surface area contributed by atoms with Crippen LogP contribution >= 0.6 is 0 Å². The number of aromatic nitrogens is 3. The van der Waals surface area contributed by atoms with Crippen molar-refractivity contribution in [2.24, 2.45) is 5.92 Å². The molecule has 1 unspecified atom stereocenters. The van der Waals surface area contributed by atoms with Crippen LogP contribution in [-0.4, -0.2) is 40.6 Å². The summed E-state index contributed by atoms with van der Waals surface area (Å²) in [5.74, 6) is 0.319. The zero-order valence-corrected chi connectivity index (χ0v) is 11.7. The van der Waals surface area contributed by atoms with Gasteiger partial charge >= 0.3 is 0 Å². The molecule has 1 aromatic heterocycles. The molecule has 6 nitrogen and oxygen atoms in total. The second-order valence-electron chi connectivity index (χ2n) is 5.11. The maximum Gasteiger partial charge on any atom is 0.176 e. The van der Waals surface area contributed by atoms with Crippen molar-refractivity contribution in [1.82, 2.24) is 15.0 Å². The van der Waals surface area contributed by atoms with Crippen molar-refractivity contribution in [3.63, 3.8) is 0 Å². The van der Waals surface area contributed by atoms with E-state index in [1.165, 1.54) is 19.3 Å². The first kappa shape index (κ1) is 14.4. The first-order valence-corrected chi connectivity index (χ1v) is 6.88. The van der Waals surface area contributed by atoms with Gasteiger partial charge in [-0.15, -0.1) is 5.10 Å². The van der Waals surface area contributed by atoms with Gasteiger partial charge in [-0.05, 0) is 18.8 Å². The van der Waals surface area contributed by atoms with Crippen LogP contribution in [0.4, 0.5) is 0 Å². The molecule has 0 bridgehead atoms. The number of ether oxygens (including phenoxy) is 2. The minimum Gasteiger partial charge on any atom is -0.386 e. The highest BCUT2D eigenvalue weighted by molar-refractivity contribution is 5.00. The predicted octanol–water partition coefficient (Wildman–Crippen LogP) is 1.51. The minimum absolute atomic E-state index is 0.319. The lowest BCUT2D eigenvalue weighted by Gasteiger charge is -2.25. The smallest absolute Gasteiger partial charge is 0.176 e. The molecule has 0 saturated heterocycles. The molecule has 0 aliphatic heterocycles. The summed E-state index contributed by atoms with van der Waals surface area (Å²) in [6.45, 7) is 0.470. The number of hydrogen-bond acceptors (Lipinski definition) is 5. The molecule has 1 fully saturated rings. The van der Waals surface area contributed by atoms with E-state index in [9.17, 15) is 5.11 Å². The van der Waals surface area contributed by atoms with Gasteiger partial charge in [0.25, 0.3) is 0 Å². The van der Waals surface area contributed by atoms with Crippen molar-refractivity contribution in [2.75, 3.05) is 14.2 Å². The molecule has 1 aliphatic carbocycles. The van der Waals surface area contributed by atoms with Crippen molar-refractivity contribution in [1.29, 1.82) is 0 Å². The Morgan fingerprint density at radius 2 is 2.00 bits per heavy atom. The van der Waals surface area contributed by atoms with Crippen LogP contribution < -0.4 is 0 Å². The molecule has 6 heteroatoms. The lowest BCUT2D eigenvalue weighted by atomic mass is 9.84. The normalized spacial score (nSPS) is 18.9. The molecular weight excluding hydrogens is 246 g/mol. The Morgan fingerprint density at radius 1 is 1.32 bits per heavy atom. The third kappa shape index (κ3) is 3.75. The fourth-order valence-electron chi connectivity index (χ4n) is 2.63. The molecule has 19 heavy (non-hydrogen) atoms. The van der Waals surface area contributed by atoms with E-state index in [0.29, 0.717) is 18.2 Å². The van der Waals surface area contributed by atoms with Crippen molar-refractivity contribution < 1.29 is 14.6 Å². The zero-order chi connectivity index (χ0) is 13.7. The number of aliphatic hydroxyl groups excluding tert-OH is 1. The summed E-state index contributed by atoms with van der Waals surface area (Å²) in [4.78, 5) is 0. The Morgan fingerprint density at radius 3 is 2.63 bits per heavy atom. The number of nitrogens with zero attached hydrogens (tertiary/aromatic N) is 3. The van der Waals surface area contributed by atoms with Crippen LogP contribution in [0.2, 0.25) is 0 Å². The first-order chi connectivity index (χ1) is 9.24. The van der Waals surface area contributed by atoms with Gasteiger partial charge in [-0.25, -0.2) is 4.68 Å². The number of methoxy groups -OCH3 is 2. The Bertz CT molecular complexity index is 373. The SMILES string of the molecule is COC(Cn1cc(C(O)C2CCCCC2)nn1)OC. The van der Waals surface area contributed by atoms with Gasteiger partial charge in [-0.1, -0.05) is 24.5 Å². The van der Waals surface area contributed by atoms with Crippen LogP contribution in [0.1, 0.15) is 43.9 Å². The monoisotopic (exact) mass is 269 g/mol. The van der Waals surface area contributed by atoms with Crippen molar-refractivity contribution in [2.45, 2.75) is 51.0 Å². The summed E-state index contributed by atoms with van der Waals surface area (Å²) < 4.78 is 11.9. The van der Waals surface area contributed by atoms with Crippen LogP contribution in [0, 0.1) is 5.92 Å². The summed E-state index contributed by atoms with van der Waals surface area (Å²) in [6.07, 6.45) is 6.76. The Labute approximate surface area is 113 Å². The third-order valence-corrected chi connectivity index (χ3v) is 3.82. The molecule has 1 heterocycles. The lowest BCUT2D eigenvalue weighted by molar-refractivity contribution is -0.112. The number of hydrogen-bond donors (Lipinski definition) is 1. The van der Waals surface area contributed by atoms with Gasteiger partial charge in [0.15, 0.2) is 6.29 Å². The van der Waals surface area contributed by atoms with Gasteiger partial charge in [0, 0.05) is 14.2 Å². The van der Waals surface area contributed by atoms with E-state index in [1.807, 2.05) is 0 Å².